The Morgan fingerprint density at radius 2 is 1.95 bits per heavy atom. The second-order valence-electron chi connectivity index (χ2n) is 5.60. The largest absolute Gasteiger partial charge is 0.496 e. The Kier molecular flexibility index (Phi) is 5.87. The van der Waals surface area contributed by atoms with Crippen molar-refractivity contribution >= 4 is 5.91 Å². The summed E-state index contributed by atoms with van der Waals surface area (Å²) in [4.78, 5) is 11.9. The lowest BCUT2D eigenvalue weighted by Gasteiger charge is -2.13. The van der Waals surface area contributed by atoms with Crippen LogP contribution < -0.4 is 10.1 Å². The zero-order valence-corrected chi connectivity index (χ0v) is 12.6. The van der Waals surface area contributed by atoms with Gasteiger partial charge in [0.25, 0.3) is 0 Å². The van der Waals surface area contributed by atoms with Crippen molar-refractivity contribution in [3.63, 3.8) is 0 Å². The second-order valence-corrected chi connectivity index (χ2v) is 5.60. The number of hydrogen-bond donors (Lipinski definition) is 1. The Labute approximate surface area is 116 Å². The summed E-state index contributed by atoms with van der Waals surface area (Å²) in [5.41, 5.74) is 2.18. The highest BCUT2D eigenvalue weighted by Gasteiger charge is 2.11. The standard InChI is InChI=1S/C16H25NO2/c1-11(2)10-17-16(18)9-14-8-13(12(3)4)6-7-15(14)19-5/h6-8,11-12H,9-10H2,1-5H3,(H,17,18). The number of amides is 1. The Morgan fingerprint density at radius 1 is 1.26 bits per heavy atom. The average Bonchev–Trinajstić information content (AvgIpc) is 2.36. The molecular weight excluding hydrogens is 238 g/mol. The van der Waals surface area contributed by atoms with Crippen LogP contribution in [0.2, 0.25) is 0 Å². The van der Waals surface area contributed by atoms with E-state index in [9.17, 15) is 4.79 Å². The number of hydrogen-bond acceptors (Lipinski definition) is 2. The summed E-state index contributed by atoms with van der Waals surface area (Å²) in [6.45, 7) is 9.17. The van der Waals surface area contributed by atoms with Crippen LogP contribution in [0, 0.1) is 5.92 Å². The molecule has 19 heavy (non-hydrogen) atoms. The van der Waals surface area contributed by atoms with Gasteiger partial charge < -0.3 is 10.1 Å². The first-order chi connectivity index (χ1) is 8.93. The molecule has 1 N–H and O–H groups in total. The molecule has 0 aliphatic carbocycles. The molecule has 0 heterocycles. The molecule has 0 saturated heterocycles. The number of nitrogens with one attached hydrogen (secondary N) is 1. The topological polar surface area (TPSA) is 38.3 Å². The van der Waals surface area contributed by atoms with Gasteiger partial charge in [0, 0.05) is 12.1 Å². The number of methoxy groups -OCH3 is 1. The van der Waals surface area contributed by atoms with E-state index in [2.05, 4.69) is 45.1 Å². The Morgan fingerprint density at radius 3 is 2.47 bits per heavy atom. The van der Waals surface area contributed by atoms with E-state index in [1.807, 2.05) is 6.07 Å². The second kappa shape index (κ2) is 7.17. The van der Waals surface area contributed by atoms with Gasteiger partial charge in [-0.05, 0) is 23.5 Å². The first kappa shape index (κ1) is 15.5. The molecule has 1 aromatic rings. The summed E-state index contributed by atoms with van der Waals surface area (Å²) in [5, 5.41) is 2.94. The molecule has 0 saturated carbocycles. The van der Waals surface area contributed by atoms with Crippen molar-refractivity contribution < 1.29 is 9.53 Å². The van der Waals surface area contributed by atoms with Crippen molar-refractivity contribution in [2.45, 2.75) is 40.0 Å². The van der Waals surface area contributed by atoms with Gasteiger partial charge in [-0.25, -0.2) is 0 Å². The zero-order chi connectivity index (χ0) is 14.4. The predicted octanol–water partition coefficient (Wildman–Crippen LogP) is 3.13. The van der Waals surface area contributed by atoms with Crippen LogP contribution in [0.3, 0.4) is 0 Å². The minimum Gasteiger partial charge on any atom is -0.496 e. The van der Waals surface area contributed by atoms with Crippen molar-refractivity contribution in [3.05, 3.63) is 29.3 Å². The zero-order valence-electron chi connectivity index (χ0n) is 12.6. The van der Waals surface area contributed by atoms with Gasteiger partial charge in [-0.3, -0.25) is 4.79 Å². The number of carbonyl (C=O) groups excluding carboxylic acids is 1. The maximum absolute atomic E-state index is 11.9. The lowest BCUT2D eigenvalue weighted by molar-refractivity contribution is -0.120. The van der Waals surface area contributed by atoms with Crippen LogP contribution in [0.25, 0.3) is 0 Å². The number of benzene rings is 1. The van der Waals surface area contributed by atoms with E-state index in [0.717, 1.165) is 11.3 Å². The van der Waals surface area contributed by atoms with Gasteiger partial charge in [0.15, 0.2) is 0 Å². The Hall–Kier alpha value is -1.51. The molecule has 1 amide bonds. The van der Waals surface area contributed by atoms with Gasteiger partial charge in [0.1, 0.15) is 5.75 Å². The van der Waals surface area contributed by atoms with Crippen molar-refractivity contribution in [1.82, 2.24) is 5.32 Å². The van der Waals surface area contributed by atoms with Crippen molar-refractivity contribution in [3.8, 4) is 5.75 Å². The normalized spacial score (nSPS) is 10.9. The van der Waals surface area contributed by atoms with Crippen molar-refractivity contribution in [2.75, 3.05) is 13.7 Å². The van der Waals surface area contributed by atoms with E-state index in [4.69, 9.17) is 4.74 Å². The molecule has 0 atom stereocenters. The fourth-order valence-electron chi connectivity index (χ4n) is 1.85. The van der Waals surface area contributed by atoms with Gasteiger partial charge in [-0.15, -0.1) is 0 Å². The molecule has 0 aliphatic rings. The summed E-state index contributed by atoms with van der Waals surface area (Å²) >= 11 is 0. The molecule has 0 radical (unpaired) electrons. The van der Waals surface area contributed by atoms with Crippen LogP contribution in [-0.4, -0.2) is 19.6 Å². The van der Waals surface area contributed by atoms with Gasteiger partial charge in [-0.2, -0.15) is 0 Å². The molecule has 0 unspecified atom stereocenters. The van der Waals surface area contributed by atoms with E-state index < -0.39 is 0 Å². The van der Waals surface area contributed by atoms with Crippen molar-refractivity contribution in [1.29, 1.82) is 0 Å². The molecule has 0 spiro atoms. The van der Waals surface area contributed by atoms with Gasteiger partial charge in [0.2, 0.25) is 5.91 Å². The minimum absolute atomic E-state index is 0.0490. The van der Waals surface area contributed by atoms with Crippen LogP contribution in [0.4, 0.5) is 0 Å². The average molecular weight is 263 g/mol. The van der Waals surface area contributed by atoms with E-state index in [0.29, 0.717) is 24.8 Å². The fourth-order valence-corrected chi connectivity index (χ4v) is 1.85. The molecule has 1 aromatic carbocycles. The quantitative estimate of drug-likeness (QED) is 0.856. The molecule has 0 aliphatic heterocycles. The predicted molar refractivity (Wildman–Crippen MR) is 78.6 cm³/mol. The van der Waals surface area contributed by atoms with Gasteiger partial charge >= 0.3 is 0 Å². The molecule has 3 heteroatoms. The first-order valence-electron chi connectivity index (χ1n) is 6.87. The molecule has 0 fully saturated rings. The third-order valence-electron chi connectivity index (χ3n) is 3.03. The van der Waals surface area contributed by atoms with E-state index in [1.165, 1.54) is 5.56 Å². The smallest absolute Gasteiger partial charge is 0.224 e. The van der Waals surface area contributed by atoms with E-state index >= 15 is 0 Å². The third-order valence-corrected chi connectivity index (χ3v) is 3.03. The third kappa shape index (κ3) is 4.93. The molecule has 3 nitrogen and oxygen atoms in total. The minimum atomic E-state index is 0.0490. The first-order valence-corrected chi connectivity index (χ1v) is 6.87. The number of carbonyl (C=O) groups is 1. The summed E-state index contributed by atoms with van der Waals surface area (Å²) in [5.74, 6) is 1.74. The van der Waals surface area contributed by atoms with Gasteiger partial charge in [-0.1, -0.05) is 39.8 Å². The maximum atomic E-state index is 11.9. The Balaban J connectivity index is 2.80. The summed E-state index contributed by atoms with van der Waals surface area (Å²) < 4.78 is 5.33. The molecular formula is C16H25NO2. The van der Waals surface area contributed by atoms with Gasteiger partial charge in [0.05, 0.1) is 13.5 Å². The fraction of sp³-hybridized carbons (Fsp3) is 0.562. The van der Waals surface area contributed by atoms with E-state index in [1.54, 1.807) is 7.11 Å². The highest BCUT2D eigenvalue weighted by Crippen LogP contribution is 2.24. The van der Waals surface area contributed by atoms with Crippen LogP contribution in [-0.2, 0) is 11.2 Å². The Bertz CT molecular complexity index is 425. The summed E-state index contributed by atoms with van der Waals surface area (Å²) in [7, 11) is 1.64. The summed E-state index contributed by atoms with van der Waals surface area (Å²) in [6.07, 6.45) is 0.371. The lowest BCUT2D eigenvalue weighted by Crippen LogP contribution is -2.28. The highest BCUT2D eigenvalue weighted by atomic mass is 16.5. The number of ether oxygens (including phenoxy) is 1. The van der Waals surface area contributed by atoms with Crippen LogP contribution in [0.5, 0.6) is 5.75 Å². The maximum Gasteiger partial charge on any atom is 0.224 e. The molecule has 106 valence electrons. The van der Waals surface area contributed by atoms with Crippen LogP contribution in [0.1, 0.15) is 44.7 Å². The van der Waals surface area contributed by atoms with E-state index in [-0.39, 0.29) is 5.91 Å². The molecule has 0 aromatic heterocycles. The van der Waals surface area contributed by atoms with Crippen molar-refractivity contribution in [2.24, 2.45) is 5.92 Å². The molecule has 1 rings (SSSR count). The number of rotatable bonds is 6. The SMILES string of the molecule is COc1ccc(C(C)C)cc1CC(=O)NCC(C)C. The lowest BCUT2D eigenvalue weighted by atomic mass is 9.98. The highest BCUT2D eigenvalue weighted by molar-refractivity contribution is 5.79. The monoisotopic (exact) mass is 263 g/mol. The van der Waals surface area contributed by atoms with Crippen LogP contribution in [0.15, 0.2) is 18.2 Å². The summed E-state index contributed by atoms with van der Waals surface area (Å²) in [6, 6.07) is 6.07. The molecule has 0 bridgehead atoms. The van der Waals surface area contributed by atoms with Crippen LogP contribution >= 0.6 is 0 Å².